The van der Waals surface area contributed by atoms with Crippen LogP contribution >= 0.6 is 0 Å². The van der Waals surface area contributed by atoms with Gasteiger partial charge in [-0.1, -0.05) is 12.1 Å². The number of rotatable bonds is 8. The SMILES string of the molecule is COc1ccc(-c2cn(CCCN(C)C)c3cc(OC)cc(OC)c3c2=O)cc1. The first-order valence-electron chi connectivity index (χ1n) is 9.56. The summed E-state index contributed by atoms with van der Waals surface area (Å²) in [5, 5.41) is 0.562. The fourth-order valence-corrected chi connectivity index (χ4v) is 3.45. The zero-order chi connectivity index (χ0) is 21.0. The molecule has 3 aromatic rings. The average molecular weight is 396 g/mol. The Balaban J connectivity index is 2.23. The molecule has 0 radical (unpaired) electrons. The van der Waals surface area contributed by atoms with Gasteiger partial charge in [-0.3, -0.25) is 4.79 Å². The van der Waals surface area contributed by atoms with Crippen molar-refractivity contribution in [2.75, 3.05) is 42.0 Å². The number of methoxy groups -OCH3 is 3. The van der Waals surface area contributed by atoms with Crippen molar-refractivity contribution >= 4 is 10.9 Å². The van der Waals surface area contributed by atoms with E-state index in [1.165, 1.54) is 0 Å². The summed E-state index contributed by atoms with van der Waals surface area (Å²) in [6, 6.07) is 11.2. The molecule has 6 heteroatoms. The number of aromatic nitrogens is 1. The second-order valence-electron chi connectivity index (χ2n) is 7.17. The molecule has 0 bridgehead atoms. The van der Waals surface area contributed by atoms with Crippen molar-refractivity contribution in [1.82, 2.24) is 9.47 Å². The van der Waals surface area contributed by atoms with E-state index in [1.54, 1.807) is 27.4 Å². The van der Waals surface area contributed by atoms with Gasteiger partial charge in [-0.05, 0) is 44.8 Å². The largest absolute Gasteiger partial charge is 0.497 e. The monoisotopic (exact) mass is 396 g/mol. The van der Waals surface area contributed by atoms with Crippen LogP contribution in [0, 0.1) is 0 Å². The first kappa shape index (κ1) is 20.7. The molecule has 0 aliphatic rings. The van der Waals surface area contributed by atoms with Gasteiger partial charge >= 0.3 is 0 Å². The van der Waals surface area contributed by atoms with Gasteiger partial charge in [0.05, 0.1) is 32.2 Å². The molecule has 1 heterocycles. The summed E-state index contributed by atoms with van der Waals surface area (Å²) in [5.74, 6) is 1.93. The molecule has 0 aliphatic heterocycles. The van der Waals surface area contributed by atoms with Gasteiger partial charge in [0.25, 0.3) is 0 Å². The number of ether oxygens (including phenoxy) is 3. The summed E-state index contributed by atoms with van der Waals surface area (Å²) in [6.07, 6.45) is 2.88. The third kappa shape index (κ3) is 4.38. The fourth-order valence-electron chi connectivity index (χ4n) is 3.45. The maximum atomic E-state index is 13.4. The average Bonchev–Trinajstić information content (AvgIpc) is 2.74. The van der Waals surface area contributed by atoms with E-state index >= 15 is 0 Å². The van der Waals surface area contributed by atoms with E-state index in [4.69, 9.17) is 14.2 Å². The minimum absolute atomic E-state index is 0.0615. The number of aryl methyl sites for hydroxylation is 1. The van der Waals surface area contributed by atoms with Gasteiger partial charge in [-0.2, -0.15) is 0 Å². The van der Waals surface area contributed by atoms with Crippen LogP contribution in [0.3, 0.4) is 0 Å². The summed E-state index contributed by atoms with van der Waals surface area (Å²) >= 11 is 0. The predicted molar refractivity (Wildman–Crippen MR) is 116 cm³/mol. The van der Waals surface area contributed by atoms with Crippen LogP contribution in [0.15, 0.2) is 47.4 Å². The standard InChI is InChI=1S/C23H28N2O4/c1-24(2)11-6-12-25-15-19(16-7-9-17(27-3)10-8-16)23(26)22-20(25)13-18(28-4)14-21(22)29-5/h7-10,13-15H,6,11-12H2,1-5H3. The Morgan fingerprint density at radius 1 is 0.931 bits per heavy atom. The highest BCUT2D eigenvalue weighted by Crippen LogP contribution is 2.31. The molecular formula is C23H28N2O4. The topological polar surface area (TPSA) is 52.9 Å². The minimum atomic E-state index is -0.0615. The van der Waals surface area contributed by atoms with Gasteiger partial charge in [0.15, 0.2) is 0 Å². The number of hydrogen-bond donors (Lipinski definition) is 0. The molecule has 2 aromatic carbocycles. The molecule has 154 valence electrons. The maximum Gasteiger partial charge on any atom is 0.200 e. The van der Waals surface area contributed by atoms with E-state index in [-0.39, 0.29) is 5.43 Å². The molecule has 0 atom stereocenters. The van der Waals surface area contributed by atoms with E-state index in [9.17, 15) is 4.79 Å². The van der Waals surface area contributed by atoms with E-state index in [1.807, 2.05) is 36.5 Å². The van der Waals surface area contributed by atoms with Crippen molar-refractivity contribution in [1.29, 1.82) is 0 Å². The Labute approximate surface area is 171 Å². The van der Waals surface area contributed by atoms with Crippen molar-refractivity contribution in [3.8, 4) is 28.4 Å². The lowest BCUT2D eigenvalue weighted by atomic mass is 10.0. The molecule has 0 aliphatic carbocycles. The van der Waals surface area contributed by atoms with Crippen LogP contribution in [0.2, 0.25) is 0 Å². The lowest BCUT2D eigenvalue weighted by molar-refractivity contribution is 0.386. The van der Waals surface area contributed by atoms with E-state index in [2.05, 4.69) is 23.6 Å². The number of fused-ring (bicyclic) bond motifs is 1. The fraction of sp³-hybridized carbons (Fsp3) is 0.348. The minimum Gasteiger partial charge on any atom is -0.497 e. The molecule has 0 amide bonds. The Hall–Kier alpha value is -2.99. The summed E-state index contributed by atoms with van der Waals surface area (Å²) in [7, 11) is 8.92. The zero-order valence-corrected chi connectivity index (χ0v) is 17.7. The van der Waals surface area contributed by atoms with Crippen molar-refractivity contribution in [3.63, 3.8) is 0 Å². The molecule has 3 rings (SSSR count). The number of pyridine rings is 1. The van der Waals surface area contributed by atoms with Crippen molar-refractivity contribution in [2.45, 2.75) is 13.0 Å². The smallest absolute Gasteiger partial charge is 0.200 e. The molecule has 0 unspecified atom stereocenters. The highest BCUT2D eigenvalue weighted by Gasteiger charge is 2.16. The third-order valence-electron chi connectivity index (χ3n) is 4.98. The molecule has 1 aromatic heterocycles. The van der Waals surface area contributed by atoms with Crippen LogP contribution in [0.4, 0.5) is 0 Å². The second kappa shape index (κ2) is 9.01. The molecule has 29 heavy (non-hydrogen) atoms. The Morgan fingerprint density at radius 3 is 2.21 bits per heavy atom. The van der Waals surface area contributed by atoms with E-state index in [0.717, 1.165) is 36.3 Å². The van der Waals surface area contributed by atoms with Gasteiger partial charge in [0.2, 0.25) is 5.43 Å². The normalized spacial score (nSPS) is 11.1. The highest BCUT2D eigenvalue weighted by atomic mass is 16.5. The first-order valence-corrected chi connectivity index (χ1v) is 9.56. The quantitative estimate of drug-likeness (QED) is 0.582. The summed E-state index contributed by atoms with van der Waals surface area (Å²) in [6.45, 7) is 1.72. The number of benzene rings is 2. The second-order valence-corrected chi connectivity index (χ2v) is 7.17. The number of hydrogen-bond acceptors (Lipinski definition) is 5. The van der Waals surface area contributed by atoms with E-state index in [0.29, 0.717) is 22.4 Å². The van der Waals surface area contributed by atoms with Gasteiger partial charge in [-0.15, -0.1) is 0 Å². The molecule has 0 fully saturated rings. The Morgan fingerprint density at radius 2 is 1.62 bits per heavy atom. The summed E-state index contributed by atoms with van der Waals surface area (Å²) in [4.78, 5) is 15.6. The Kier molecular flexibility index (Phi) is 6.44. The molecular weight excluding hydrogens is 368 g/mol. The van der Waals surface area contributed by atoms with Crippen molar-refractivity contribution in [2.24, 2.45) is 0 Å². The predicted octanol–water partition coefficient (Wildman–Crippen LogP) is 3.65. The van der Waals surface area contributed by atoms with Gasteiger partial charge in [0.1, 0.15) is 17.2 Å². The zero-order valence-electron chi connectivity index (χ0n) is 17.7. The Bertz CT molecular complexity index is 1040. The maximum absolute atomic E-state index is 13.4. The lowest BCUT2D eigenvalue weighted by Crippen LogP contribution is -2.17. The van der Waals surface area contributed by atoms with E-state index < -0.39 is 0 Å². The molecule has 6 nitrogen and oxygen atoms in total. The number of nitrogens with zero attached hydrogens (tertiary/aromatic N) is 2. The lowest BCUT2D eigenvalue weighted by Gasteiger charge is -2.18. The van der Waals surface area contributed by atoms with Crippen LogP contribution in [-0.2, 0) is 6.54 Å². The third-order valence-corrected chi connectivity index (χ3v) is 4.98. The summed E-state index contributed by atoms with van der Waals surface area (Å²) in [5.41, 5.74) is 2.22. The van der Waals surface area contributed by atoms with Crippen LogP contribution < -0.4 is 19.6 Å². The molecule has 0 spiro atoms. The van der Waals surface area contributed by atoms with Crippen LogP contribution in [0.5, 0.6) is 17.2 Å². The molecule has 0 saturated carbocycles. The highest BCUT2D eigenvalue weighted by molar-refractivity contribution is 5.90. The summed E-state index contributed by atoms with van der Waals surface area (Å²) < 4.78 is 18.3. The van der Waals surface area contributed by atoms with Crippen molar-refractivity contribution < 1.29 is 14.2 Å². The van der Waals surface area contributed by atoms with Gasteiger partial charge in [0, 0.05) is 30.4 Å². The van der Waals surface area contributed by atoms with Crippen LogP contribution in [0.1, 0.15) is 6.42 Å². The van der Waals surface area contributed by atoms with Crippen molar-refractivity contribution in [3.05, 3.63) is 52.8 Å². The van der Waals surface area contributed by atoms with Crippen LogP contribution in [0.25, 0.3) is 22.0 Å². The van der Waals surface area contributed by atoms with Gasteiger partial charge in [-0.25, -0.2) is 0 Å². The molecule has 0 N–H and O–H groups in total. The molecule has 0 saturated heterocycles. The van der Waals surface area contributed by atoms with Gasteiger partial charge < -0.3 is 23.7 Å². The first-order chi connectivity index (χ1) is 14.0. The van der Waals surface area contributed by atoms with Crippen LogP contribution in [-0.4, -0.2) is 51.4 Å².